The average Bonchev–Trinajstić information content (AvgIpc) is 1.99. The molecule has 0 unspecified atom stereocenters. The van der Waals surface area contributed by atoms with Crippen LogP contribution in [0.3, 0.4) is 0 Å². The van der Waals surface area contributed by atoms with Crippen molar-refractivity contribution in [2.75, 3.05) is 0 Å². The van der Waals surface area contributed by atoms with Gasteiger partial charge in [-0.25, -0.2) is 0 Å². The molecule has 0 aromatic rings. The van der Waals surface area contributed by atoms with Gasteiger partial charge in [-0.15, -0.1) is 0 Å². The molecule has 1 aliphatic carbocycles. The lowest BCUT2D eigenvalue weighted by Crippen LogP contribution is -2.13. The van der Waals surface area contributed by atoms with Crippen molar-refractivity contribution in [2.24, 2.45) is 4.99 Å². The van der Waals surface area contributed by atoms with Crippen LogP contribution < -0.4 is 0 Å². The lowest BCUT2D eigenvalue weighted by atomic mass is 10.0. The van der Waals surface area contributed by atoms with Gasteiger partial charge in [-0.1, -0.05) is 18.7 Å². The molecular weight excluding hydrogens is 136 g/mol. The van der Waals surface area contributed by atoms with Gasteiger partial charge >= 0.3 is 0 Å². The Hall–Kier alpha value is -1.44. The molecule has 0 aromatic heterocycles. The molecule has 56 valence electrons. The van der Waals surface area contributed by atoms with E-state index >= 15 is 0 Å². The number of nitrogens with zero attached hydrogens (tertiary/aromatic N) is 1. The van der Waals surface area contributed by atoms with Crippen LogP contribution in [0.5, 0.6) is 0 Å². The zero-order chi connectivity index (χ0) is 8.27. The van der Waals surface area contributed by atoms with Gasteiger partial charge in [0.05, 0.1) is 11.4 Å². The number of nitrogens with one attached hydrogen (secondary N) is 1. The smallest absolute Gasteiger partial charge is 0.0881 e. The third-order valence-corrected chi connectivity index (χ3v) is 1.48. The van der Waals surface area contributed by atoms with E-state index in [1.165, 1.54) is 6.20 Å². The van der Waals surface area contributed by atoms with Crippen LogP contribution in [0.4, 0.5) is 0 Å². The molecule has 2 nitrogen and oxygen atoms in total. The molecule has 0 saturated heterocycles. The maximum absolute atomic E-state index is 7.56. The highest BCUT2D eigenvalue weighted by Gasteiger charge is 2.07. The van der Waals surface area contributed by atoms with E-state index in [4.69, 9.17) is 5.41 Å². The van der Waals surface area contributed by atoms with Crippen LogP contribution in [0.2, 0.25) is 0 Å². The van der Waals surface area contributed by atoms with Crippen molar-refractivity contribution in [3.8, 4) is 0 Å². The normalized spacial score (nSPS) is 20.3. The summed E-state index contributed by atoms with van der Waals surface area (Å²) >= 11 is 0. The predicted molar refractivity (Wildman–Crippen MR) is 48.3 cm³/mol. The first-order valence-electron chi connectivity index (χ1n) is 3.38. The Bertz CT molecular complexity index is 280. The molecule has 1 rings (SSSR count). The van der Waals surface area contributed by atoms with Crippen LogP contribution >= 0.6 is 0 Å². The molecule has 0 spiro atoms. The first-order valence-corrected chi connectivity index (χ1v) is 3.38. The molecule has 11 heavy (non-hydrogen) atoms. The van der Waals surface area contributed by atoms with Gasteiger partial charge in [0.25, 0.3) is 0 Å². The second kappa shape index (κ2) is 3.10. The molecule has 0 atom stereocenters. The van der Waals surface area contributed by atoms with Gasteiger partial charge in [0.15, 0.2) is 0 Å². The van der Waals surface area contributed by atoms with E-state index in [-0.39, 0.29) is 0 Å². The molecule has 1 aliphatic rings. The van der Waals surface area contributed by atoms with Crippen molar-refractivity contribution in [3.05, 3.63) is 36.6 Å². The molecule has 0 fully saturated rings. The minimum absolute atomic E-state index is 0.479. The summed E-state index contributed by atoms with van der Waals surface area (Å²) in [6.07, 6.45) is 7.03. The number of rotatable bonds is 1. The second-order valence-electron chi connectivity index (χ2n) is 2.28. The van der Waals surface area contributed by atoms with Crippen LogP contribution in [-0.4, -0.2) is 11.4 Å². The standard InChI is InChI=1S/C9H10N2/c1-3-11-8-6-4-5-7(2)9(8)10/h3-6,10H,1H2,2H3. The zero-order valence-corrected chi connectivity index (χ0v) is 6.46. The quantitative estimate of drug-likeness (QED) is 0.550. The van der Waals surface area contributed by atoms with Gasteiger partial charge < -0.3 is 0 Å². The SMILES string of the molecule is C=CN=C1C=CC=C(C)C1=N. The van der Waals surface area contributed by atoms with Gasteiger partial charge in [-0.05, 0) is 18.6 Å². The average molecular weight is 146 g/mol. The Morgan fingerprint density at radius 1 is 1.64 bits per heavy atom. The minimum Gasteiger partial charge on any atom is -0.298 e. The van der Waals surface area contributed by atoms with Gasteiger partial charge in [-0.3, -0.25) is 10.4 Å². The molecule has 0 amide bonds. The van der Waals surface area contributed by atoms with E-state index in [0.29, 0.717) is 11.4 Å². The third kappa shape index (κ3) is 1.52. The molecule has 0 aliphatic heterocycles. The fraction of sp³-hybridized carbons (Fsp3) is 0.111. The van der Waals surface area contributed by atoms with Crippen LogP contribution in [0.25, 0.3) is 0 Å². The Morgan fingerprint density at radius 3 is 3.00 bits per heavy atom. The van der Waals surface area contributed by atoms with Crippen LogP contribution in [0.1, 0.15) is 6.92 Å². The summed E-state index contributed by atoms with van der Waals surface area (Å²) in [5.41, 5.74) is 2.10. The fourth-order valence-corrected chi connectivity index (χ4v) is 0.858. The van der Waals surface area contributed by atoms with E-state index in [1.54, 1.807) is 6.08 Å². The molecule has 0 saturated carbocycles. The summed E-state index contributed by atoms with van der Waals surface area (Å²) in [6, 6.07) is 0. The van der Waals surface area contributed by atoms with Crippen molar-refractivity contribution in [1.29, 1.82) is 5.41 Å². The third-order valence-electron chi connectivity index (χ3n) is 1.48. The van der Waals surface area contributed by atoms with E-state index in [2.05, 4.69) is 11.6 Å². The Kier molecular flexibility index (Phi) is 2.16. The zero-order valence-electron chi connectivity index (χ0n) is 6.46. The van der Waals surface area contributed by atoms with Crippen LogP contribution in [0.15, 0.2) is 41.6 Å². The highest BCUT2D eigenvalue weighted by atomic mass is 14.7. The lowest BCUT2D eigenvalue weighted by Gasteiger charge is -2.06. The lowest BCUT2D eigenvalue weighted by molar-refractivity contribution is 1.45. The Morgan fingerprint density at radius 2 is 2.36 bits per heavy atom. The van der Waals surface area contributed by atoms with E-state index in [1.807, 2.05) is 19.1 Å². The van der Waals surface area contributed by atoms with Gasteiger partial charge in [0, 0.05) is 6.20 Å². The minimum atomic E-state index is 0.479. The van der Waals surface area contributed by atoms with Gasteiger partial charge in [0.2, 0.25) is 0 Å². The topological polar surface area (TPSA) is 36.2 Å². The predicted octanol–water partition coefficient (Wildman–Crippen LogP) is 2.11. The summed E-state index contributed by atoms with van der Waals surface area (Å²) in [5.74, 6) is 0. The molecule has 0 heterocycles. The summed E-state index contributed by atoms with van der Waals surface area (Å²) in [5, 5.41) is 7.56. The molecule has 1 N–H and O–H groups in total. The summed E-state index contributed by atoms with van der Waals surface area (Å²) in [7, 11) is 0. The first-order chi connectivity index (χ1) is 5.25. The van der Waals surface area contributed by atoms with Gasteiger partial charge in [0.1, 0.15) is 0 Å². The fourth-order valence-electron chi connectivity index (χ4n) is 0.858. The van der Waals surface area contributed by atoms with Crippen molar-refractivity contribution < 1.29 is 0 Å². The van der Waals surface area contributed by atoms with E-state index < -0.39 is 0 Å². The summed E-state index contributed by atoms with van der Waals surface area (Å²) < 4.78 is 0. The van der Waals surface area contributed by atoms with Crippen LogP contribution in [-0.2, 0) is 0 Å². The van der Waals surface area contributed by atoms with Crippen molar-refractivity contribution in [1.82, 2.24) is 0 Å². The Labute approximate surface area is 66.2 Å². The second-order valence-corrected chi connectivity index (χ2v) is 2.28. The monoisotopic (exact) mass is 146 g/mol. The first kappa shape index (κ1) is 7.66. The largest absolute Gasteiger partial charge is 0.298 e. The summed E-state index contributed by atoms with van der Waals surface area (Å²) in [6.45, 7) is 5.37. The van der Waals surface area contributed by atoms with E-state index in [0.717, 1.165) is 5.57 Å². The number of hydrogen-bond donors (Lipinski definition) is 1. The molecule has 0 aromatic carbocycles. The van der Waals surface area contributed by atoms with E-state index in [9.17, 15) is 0 Å². The molecule has 0 bridgehead atoms. The van der Waals surface area contributed by atoms with Gasteiger partial charge in [-0.2, -0.15) is 0 Å². The van der Waals surface area contributed by atoms with Crippen molar-refractivity contribution >= 4 is 11.4 Å². The molecule has 0 radical (unpaired) electrons. The maximum atomic E-state index is 7.56. The number of hydrogen-bond acceptors (Lipinski definition) is 2. The number of aliphatic imine (C=N–C) groups is 1. The summed E-state index contributed by atoms with van der Waals surface area (Å²) in [4.78, 5) is 3.94. The molecule has 2 heteroatoms. The van der Waals surface area contributed by atoms with Crippen molar-refractivity contribution in [3.63, 3.8) is 0 Å². The van der Waals surface area contributed by atoms with Crippen LogP contribution in [0, 0.1) is 5.41 Å². The highest BCUT2D eigenvalue weighted by molar-refractivity contribution is 6.51. The highest BCUT2D eigenvalue weighted by Crippen LogP contribution is 2.05. The maximum Gasteiger partial charge on any atom is 0.0881 e. The molecular formula is C9H10N2. The Balaban J connectivity index is 2.99. The van der Waals surface area contributed by atoms with Crippen molar-refractivity contribution in [2.45, 2.75) is 6.92 Å². The number of allylic oxidation sites excluding steroid dienone is 4.